The Morgan fingerprint density at radius 1 is 0.909 bits per heavy atom. The molecular formula is C38H46N4O13. The van der Waals surface area contributed by atoms with Crippen molar-refractivity contribution in [3.8, 4) is 22.8 Å². The lowest BCUT2D eigenvalue weighted by Crippen LogP contribution is -2.49. The van der Waals surface area contributed by atoms with Gasteiger partial charge in [0.25, 0.3) is 11.8 Å². The zero-order valence-electron chi connectivity index (χ0n) is 31.0. The molecular weight excluding hydrogens is 720 g/mol. The van der Waals surface area contributed by atoms with E-state index in [1.807, 2.05) is 6.92 Å². The molecule has 3 aromatic rings. The van der Waals surface area contributed by atoms with Crippen molar-refractivity contribution in [1.29, 1.82) is 0 Å². The van der Waals surface area contributed by atoms with Crippen LogP contribution in [0.5, 0.6) is 11.5 Å². The summed E-state index contributed by atoms with van der Waals surface area (Å²) in [5.74, 6) is -5.79. The van der Waals surface area contributed by atoms with Crippen molar-refractivity contribution in [3.63, 3.8) is 0 Å². The number of aliphatic carboxylic acids is 2. The van der Waals surface area contributed by atoms with Crippen LogP contribution in [0.1, 0.15) is 90.6 Å². The van der Waals surface area contributed by atoms with Crippen LogP contribution in [-0.4, -0.2) is 89.8 Å². The second kappa shape index (κ2) is 21.3. The minimum Gasteiger partial charge on any atom is -0.497 e. The van der Waals surface area contributed by atoms with Crippen LogP contribution < -0.4 is 25.4 Å². The first-order valence-electron chi connectivity index (χ1n) is 17.7. The van der Waals surface area contributed by atoms with Crippen LogP contribution in [-0.2, 0) is 24.0 Å². The minimum absolute atomic E-state index is 0.0486. The summed E-state index contributed by atoms with van der Waals surface area (Å²) in [6, 6.07) is 10.8. The van der Waals surface area contributed by atoms with Gasteiger partial charge in [0, 0.05) is 5.56 Å². The van der Waals surface area contributed by atoms with Crippen molar-refractivity contribution in [2.24, 2.45) is 5.92 Å². The number of hydrogen-bond acceptors (Lipinski definition) is 11. The summed E-state index contributed by atoms with van der Waals surface area (Å²) in [4.78, 5) is 92.3. The van der Waals surface area contributed by atoms with E-state index >= 15 is 0 Å². The molecule has 3 atom stereocenters. The van der Waals surface area contributed by atoms with Gasteiger partial charge >= 0.3 is 17.9 Å². The Kier molecular flexibility index (Phi) is 16.7. The highest BCUT2D eigenvalue weighted by Gasteiger charge is 2.34. The SMILES string of the molecule is CCCCC[C@@H](C(=O)NCNC(=O)c1ccc(-c2ccc(C(=O)N[C@@H](CC(=O)O)C(=O)O)c(OCC)c2)o1)[C@@H](CC)N(C=O)OC(=O)c1ccc(OC)cc1. The third-order valence-corrected chi connectivity index (χ3v) is 8.42. The predicted octanol–water partition coefficient (Wildman–Crippen LogP) is 4.02. The summed E-state index contributed by atoms with van der Waals surface area (Å²) in [5.41, 5.74) is 0.533. The van der Waals surface area contributed by atoms with E-state index in [9.17, 15) is 38.7 Å². The van der Waals surface area contributed by atoms with Crippen molar-refractivity contribution >= 4 is 42.0 Å². The molecule has 0 radical (unpaired) electrons. The van der Waals surface area contributed by atoms with Gasteiger partial charge in [-0.05, 0) is 68.3 Å². The van der Waals surface area contributed by atoms with Crippen molar-refractivity contribution in [2.75, 3.05) is 20.4 Å². The van der Waals surface area contributed by atoms with Gasteiger partial charge in [0.05, 0.1) is 49.9 Å². The summed E-state index contributed by atoms with van der Waals surface area (Å²) < 4.78 is 16.4. The highest BCUT2D eigenvalue weighted by molar-refractivity contribution is 6.00. The van der Waals surface area contributed by atoms with Gasteiger partial charge in [-0.15, -0.1) is 0 Å². The van der Waals surface area contributed by atoms with Crippen LogP contribution in [0.25, 0.3) is 11.3 Å². The summed E-state index contributed by atoms with van der Waals surface area (Å²) in [6.07, 6.45) is 2.56. The van der Waals surface area contributed by atoms with Gasteiger partial charge in [0.15, 0.2) is 5.76 Å². The Hall–Kier alpha value is -6.39. The lowest BCUT2D eigenvalue weighted by Gasteiger charge is -2.31. The number of benzene rings is 2. The number of carbonyl (C=O) groups is 7. The topological polar surface area (TPSA) is 240 Å². The first kappa shape index (κ1) is 43.0. The molecule has 0 aliphatic carbocycles. The maximum atomic E-state index is 13.5. The molecule has 0 unspecified atom stereocenters. The Morgan fingerprint density at radius 3 is 2.24 bits per heavy atom. The molecule has 1 heterocycles. The summed E-state index contributed by atoms with van der Waals surface area (Å²) >= 11 is 0. The van der Waals surface area contributed by atoms with E-state index in [1.54, 1.807) is 26.0 Å². The fraction of sp³-hybridized carbons (Fsp3) is 0.395. The monoisotopic (exact) mass is 766 g/mol. The average molecular weight is 767 g/mol. The number of unbranched alkanes of at least 4 members (excludes halogenated alkanes) is 2. The van der Waals surface area contributed by atoms with Crippen LogP contribution in [0.15, 0.2) is 59.0 Å². The third-order valence-electron chi connectivity index (χ3n) is 8.42. The largest absolute Gasteiger partial charge is 0.497 e. The molecule has 5 N–H and O–H groups in total. The highest BCUT2D eigenvalue weighted by atomic mass is 16.7. The van der Waals surface area contributed by atoms with Crippen molar-refractivity contribution in [3.05, 3.63) is 71.5 Å². The highest BCUT2D eigenvalue weighted by Crippen LogP contribution is 2.29. The molecule has 0 spiro atoms. The molecule has 3 rings (SSSR count). The molecule has 4 amide bonds. The summed E-state index contributed by atoms with van der Waals surface area (Å²) in [5, 5.41) is 26.6. The van der Waals surface area contributed by atoms with E-state index in [0.717, 1.165) is 17.9 Å². The predicted molar refractivity (Wildman–Crippen MR) is 195 cm³/mol. The number of ether oxygens (including phenoxy) is 2. The number of nitrogens with zero attached hydrogens (tertiary/aromatic N) is 1. The molecule has 1 aromatic heterocycles. The van der Waals surface area contributed by atoms with Gasteiger partial charge in [-0.2, -0.15) is 5.06 Å². The number of furan rings is 1. The van der Waals surface area contributed by atoms with Crippen LogP contribution >= 0.6 is 0 Å². The Bertz CT molecular complexity index is 1810. The fourth-order valence-corrected chi connectivity index (χ4v) is 5.59. The average Bonchev–Trinajstić information content (AvgIpc) is 3.67. The second-order valence-electron chi connectivity index (χ2n) is 12.1. The third kappa shape index (κ3) is 12.3. The molecule has 296 valence electrons. The quantitative estimate of drug-likeness (QED) is 0.0397. The van der Waals surface area contributed by atoms with Crippen molar-refractivity contribution in [2.45, 2.75) is 71.4 Å². The summed E-state index contributed by atoms with van der Waals surface area (Å²) in [7, 11) is 1.49. The Labute approximate surface area is 317 Å². The van der Waals surface area contributed by atoms with Gasteiger partial charge in [-0.3, -0.25) is 24.0 Å². The van der Waals surface area contributed by atoms with E-state index in [1.165, 1.54) is 49.6 Å². The second-order valence-corrected chi connectivity index (χ2v) is 12.1. The molecule has 0 aliphatic heterocycles. The Balaban J connectivity index is 1.69. The summed E-state index contributed by atoms with van der Waals surface area (Å²) in [6.45, 7) is 5.28. The van der Waals surface area contributed by atoms with Crippen molar-refractivity contribution < 1.29 is 62.5 Å². The number of hydroxylamine groups is 2. The van der Waals surface area contributed by atoms with Gasteiger partial charge in [0.1, 0.15) is 23.3 Å². The number of nitrogens with one attached hydrogen (secondary N) is 3. The first-order valence-corrected chi connectivity index (χ1v) is 17.7. The Morgan fingerprint density at radius 2 is 1.64 bits per heavy atom. The molecule has 17 heteroatoms. The van der Waals surface area contributed by atoms with Gasteiger partial charge in [-0.25, -0.2) is 9.59 Å². The molecule has 17 nitrogen and oxygen atoms in total. The number of carbonyl (C=O) groups excluding carboxylic acids is 5. The van der Waals surface area contributed by atoms with Gasteiger partial charge < -0.3 is 44.9 Å². The molecule has 0 saturated carbocycles. The van der Waals surface area contributed by atoms with Gasteiger partial charge in [0.2, 0.25) is 12.3 Å². The number of rotatable bonds is 23. The lowest BCUT2D eigenvalue weighted by atomic mass is 9.90. The van der Waals surface area contributed by atoms with E-state index < -0.39 is 60.1 Å². The van der Waals surface area contributed by atoms with Crippen molar-refractivity contribution in [1.82, 2.24) is 21.0 Å². The van der Waals surface area contributed by atoms with Crippen LogP contribution in [0.2, 0.25) is 0 Å². The smallest absolute Gasteiger partial charge is 0.363 e. The minimum atomic E-state index is -1.67. The molecule has 55 heavy (non-hydrogen) atoms. The van der Waals surface area contributed by atoms with Crippen LogP contribution in [0.3, 0.4) is 0 Å². The normalized spacial score (nSPS) is 12.3. The molecule has 0 fully saturated rings. The maximum absolute atomic E-state index is 13.5. The van der Waals surface area contributed by atoms with Crippen LogP contribution in [0.4, 0.5) is 0 Å². The zero-order chi connectivity index (χ0) is 40.5. The lowest BCUT2D eigenvalue weighted by molar-refractivity contribution is -0.171. The first-order chi connectivity index (χ1) is 26.4. The fourth-order valence-electron chi connectivity index (χ4n) is 5.59. The molecule has 2 aromatic carbocycles. The standard InChI is InChI=1S/C38H46N4O13/c1-5-8-9-10-26(29(6-2)42(22-43)55-38(51)23-11-14-25(52-4)15-12-23)34(46)39-21-40-36(48)31-18-17-30(54-31)24-13-16-27(32(19-24)53-7-3)35(47)41-28(37(49)50)20-33(44)45/h11-19,22,26,28-29H,5-10,20-21H2,1-4H3,(H,39,46)(H,40,48)(H,41,47)(H,44,45)(H,49,50)/t26-,28+,29-/m1/s1. The number of amides is 4. The van der Waals surface area contributed by atoms with E-state index in [4.69, 9.17) is 23.8 Å². The number of hydrogen-bond donors (Lipinski definition) is 5. The molecule has 0 bridgehead atoms. The van der Waals surface area contributed by atoms with E-state index in [0.29, 0.717) is 30.6 Å². The van der Waals surface area contributed by atoms with Crippen LogP contribution in [0, 0.1) is 5.92 Å². The molecule has 0 aliphatic rings. The van der Waals surface area contributed by atoms with Gasteiger partial charge in [-0.1, -0.05) is 39.2 Å². The zero-order valence-corrected chi connectivity index (χ0v) is 31.0. The number of methoxy groups -OCH3 is 1. The number of carboxylic acid groups (broad SMARTS) is 2. The molecule has 0 saturated heterocycles. The number of carboxylic acids is 2. The maximum Gasteiger partial charge on any atom is 0.363 e. The van der Waals surface area contributed by atoms with E-state index in [-0.39, 0.29) is 48.1 Å². The van der Waals surface area contributed by atoms with E-state index in [2.05, 4.69) is 16.0 Å².